The number of methoxy groups -OCH3 is 1. The molecule has 0 fully saturated rings. The highest BCUT2D eigenvalue weighted by Gasteiger charge is 2.11. The summed E-state index contributed by atoms with van der Waals surface area (Å²) < 4.78 is 9.76. The van der Waals surface area contributed by atoms with Gasteiger partial charge >= 0.3 is 0 Å². The van der Waals surface area contributed by atoms with Crippen molar-refractivity contribution in [1.29, 1.82) is 0 Å². The van der Waals surface area contributed by atoms with Crippen LogP contribution < -0.4 is 0 Å². The van der Waals surface area contributed by atoms with E-state index in [1.807, 2.05) is 24.3 Å². The number of rotatable bonds is 7. The van der Waals surface area contributed by atoms with Gasteiger partial charge in [-0.05, 0) is 18.2 Å². The molecule has 0 unspecified atom stereocenters. The molecular weight excluding hydrogens is 300 g/mol. The lowest BCUT2D eigenvalue weighted by molar-refractivity contribution is -0.122. The van der Waals surface area contributed by atoms with Crippen LogP contribution in [0, 0.1) is 0 Å². The number of Topliss-reactive ketones (excluding diaryl/α,β-unsaturated/α-hetero) is 1. The standard InChI is InChI=1S/C13H13ClN2O3S/c1-18-7-10(17)6-13-15-12(16-19-13)8-20-11-4-2-3-9(14)5-11/h2-5H,6-8H2,1H3. The van der Waals surface area contributed by atoms with E-state index in [2.05, 4.69) is 10.1 Å². The Kier molecular flexibility index (Phi) is 5.58. The Labute approximate surface area is 125 Å². The monoisotopic (exact) mass is 312 g/mol. The Hall–Kier alpha value is -1.37. The molecule has 1 heterocycles. The van der Waals surface area contributed by atoms with Gasteiger partial charge in [0.15, 0.2) is 11.6 Å². The first-order valence-corrected chi connectivity index (χ1v) is 7.24. The minimum Gasteiger partial charge on any atom is -0.377 e. The first-order valence-electron chi connectivity index (χ1n) is 5.88. The van der Waals surface area contributed by atoms with Crippen LogP contribution in [0.1, 0.15) is 11.7 Å². The molecule has 0 amide bonds. The molecule has 1 aromatic heterocycles. The van der Waals surface area contributed by atoms with E-state index in [1.54, 1.807) is 11.8 Å². The van der Waals surface area contributed by atoms with Crippen LogP contribution in [0.4, 0.5) is 0 Å². The molecule has 0 aliphatic heterocycles. The van der Waals surface area contributed by atoms with E-state index in [1.165, 1.54) is 7.11 Å². The highest BCUT2D eigenvalue weighted by Crippen LogP contribution is 2.24. The third-order valence-corrected chi connectivity index (χ3v) is 3.55. The number of carbonyl (C=O) groups is 1. The second kappa shape index (κ2) is 7.42. The number of ketones is 1. The van der Waals surface area contributed by atoms with Crippen molar-refractivity contribution < 1.29 is 14.1 Å². The maximum Gasteiger partial charge on any atom is 0.234 e. The van der Waals surface area contributed by atoms with Crippen LogP contribution in [-0.4, -0.2) is 29.6 Å². The summed E-state index contributed by atoms with van der Waals surface area (Å²) >= 11 is 7.46. The zero-order valence-electron chi connectivity index (χ0n) is 10.8. The van der Waals surface area contributed by atoms with E-state index in [9.17, 15) is 4.79 Å². The molecule has 20 heavy (non-hydrogen) atoms. The van der Waals surface area contributed by atoms with Gasteiger partial charge in [-0.1, -0.05) is 22.8 Å². The summed E-state index contributed by atoms with van der Waals surface area (Å²) in [6, 6.07) is 7.53. The average molecular weight is 313 g/mol. The van der Waals surface area contributed by atoms with E-state index in [0.29, 0.717) is 22.5 Å². The highest BCUT2D eigenvalue weighted by atomic mass is 35.5. The number of carbonyl (C=O) groups excluding carboxylic acids is 1. The number of thioether (sulfide) groups is 1. The third kappa shape index (κ3) is 4.63. The van der Waals surface area contributed by atoms with Crippen molar-refractivity contribution in [3.8, 4) is 0 Å². The normalized spacial score (nSPS) is 10.7. The van der Waals surface area contributed by atoms with Crippen molar-refractivity contribution in [3.63, 3.8) is 0 Å². The van der Waals surface area contributed by atoms with Gasteiger partial charge < -0.3 is 9.26 Å². The fourth-order valence-electron chi connectivity index (χ4n) is 1.51. The predicted octanol–water partition coefficient (Wildman–Crippen LogP) is 2.77. The van der Waals surface area contributed by atoms with Crippen molar-refractivity contribution in [2.75, 3.05) is 13.7 Å². The molecule has 0 saturated carbocycles. The zero-order valence-corrected chi connectivity index (χ0v) is 12.4. The second-order valence-electron chi connectivity index (χ2n) is 4.00. The summed E-state index contributed by atoms with van der Waals surface area (Å²) in [6.07, 6.45) is 0.0999. The summed E-state index contributed by atoms with van der Waals surface area (Å²) in [7, 11) is 1.47. The first kappa shape index (κ1) is 15.0. The summed E-state index contributed by atoms with van der Waals surface area (Å²) in [5.41, 5.74) is 0. The molecule has 106 valence electrons. The lowest BCUT2D eigenvalue weighted by Gasteiger charge is -1.98. The molecule has 0 atom stereocenters. The van der Waals surface area contributed by atoms with Gasteiger partial charge in [-0.3, -0.25) is 4.79 Å². The second-order valence-corrected chi connectivity index (χ2v) is 5.48. The van der Waals surface area contributed by atoms with Gasteiger partial charge in [-0.15, -0.1) is 11.8 Å². The van der Waals surface area contributed by atoms with E-state index < -0.39 is 0 Å². The molecular formula is C13H13ClN2O3S. The van der Waals surface area contributed by atoms with Crippen molar-refractivity contribution in [2.24, 2.45) is 0 Å². The molecule has 0 N–H and O–H groups in total. The highest BCUT2D eigenvalue weighted by molar-refractivity contribution is 7.98. The van der Waals surface area contributed by atoms with Gasteiger partial charge in [-0.25, -0.2) is 0 Å². The van der Waals surface area contributed by atoms with Crippen molar-refractivity contribution in [1.82, 2.24) is 10.1 Å². The zero-order chi connectivity index (χ0) is 14.4. The molecule has 0 aliphatic rings. The molecule has 2 aromatic rings. The summed E-state index contributed by atoms with van der Waals surface area (Å²) in [4.78, 5) is 16.6. The quantitative estimate of drug-likeness (QED) is 0.732. The largest absolute Gasteiger partial charge is 0.377 e. The maximum atomic E-state index is 11.4. The first-order chi connectivity index (χ1) is 9.67. The Morgan fingerprint density at radius 1 is 1.50 bits per heavy atom. The van der Waals surface area contributed by atoms with Crippen molar-refractivity contribution >= 4 is 29.1 Å². The van der Waals surface area contributed by atoms with Crippen LogP contribution in [0.3, 0.4) is 0 Å². The minimum absolute atomic E-state index is 0.0506. The van der Waals surface area contributed by atoms with E-state index >= 15 is 0 Å². The van der Waals surface area contributed by atoms with Crippen LogP contribution >= 0.6 is 23.4 Å². The van der Waals surface area contributed by atoms with Crippen LogP contribution in [0.25, 0.3) is 0 Å². The van der Waals surface area contributed by atoms with Gasteiger partial charge in [-0.2, -0.15) is 4.98 Å². The van der Waals surface area contributed by atoms with Gasteiger partial charge in [0.05, 0.1) is 12.2 Å². The molecule has 5 nitrogen and oxygen atoms in total. The number of aromatic nitrogens is 2. The number of benzene rings is 1. The molecule has 7 heteroatoms. The lowest BCUT2D eigenvalue weighted by atomic mass is 10.3. The summed E-state index contributed by atoms with van der Waals surface area (Å²) in [6.45, 7) is 0.0506. The van der Waals surface area contributed by atoms with Crippen LogP contribution in [0.2, 0.25) is 5.02 Å². The van der Waals surface area contributed by atoms with Crippen molar-refractivity contribution in [3.05, 3.63) is 41.0 Å². The van der Waals surface area contributed by atoms with Gasteiger partial charge in [0.2, 0.25) is 5.89 Å². The van der Waals surface area contributed by atoms with Crippen molar-refractivity contribution in [2.45, 2.75) is 17.1 Å². The lowest BCUT2D eigenvalue weighted by Crippen LogP contribution is -2.09. The number of ether oxygens (including phenoxy) is 1. The molecule has 1 aromatic carbocycles. The van der Waals surface area contributed by atoms with Gasteiger partial charge in [0, 0.05) is 17.0 Å². The van der Waals surface area contributed by atoms with Gasteiger partial charge in [0.25, 0.3) is 0 Å². The van der Waals surface area contributed by atoms with E-state index in [4.69, 9.17) is 20.9 Å². The molecule has 0 radical (unpaired) electrons. The van der Waals surface area contributed by atoms with Gasteiger partial charge in [0.1, 0.15) is 6.61 Å². The number of nitrogens with zero attached hydrogens (tertiary/aromatic N) is 2. The van der Waals surface area contributed by atoms with Crippen LogP contribution in [-0.2, 0) is 21.7 Å². The maximum absolute atomic E-state index is 11.4. The molecule has 0 aliphatic carbocycles. The fourth-order valence-corrected chi connectivity index (χ4v) is 2.56. The minimum atomic E-state index is -0.0924. The smallest absolute Gasteiger partial charge is 0.234 e. The Bertz CT molecular complexity index is 589. The predicted molar refractivity (Wildman–Crippen MR) is 75.9 cm³/mol. The fraction of sp³-hybridized carbons (Fsp3) is 0.308. The summed E-state index contributed by atoms with van der Waals surface area (Å²) in [5.74, 6) is 1.33. The Morgan fingerprint density at radius 3 is 3.10 bits per heavy atom. The Morgan fingerprint density at radius 2 is 2.35 bits per heavy atom. The SMILES string of the molecule is COCC(=O)Cc1nc(CSc2cccc(Cl)c2)no1. The van der Waals surface area contributed by atoms with Crippen LogP contribution in [0.5, 0.6) is 0 Å². The van der Waals surface area contributed by atoms with E-state index in [0.717, 1.165) is 4.90 Å². The third-order valence-electron chi connectivity index (χ3n) is 2.33. The molecule has 2 rings (SSSR count). The number of hydrogen-bond donors (Lipinski definition) is 0. The summed E-state index contributed by atoms with van der Waals surface area (Å²) in [5, 5.41) is 4.52. The molecule has 0 bridgehead atoms. The average Bonchev–Trinajstić information content (AvgIpc) is 2.84. The molecule has 0 spiro atoms. The Balaban J connectivity index is 1.88. The van der Waals surface area contributed by atoms with Crippen LogP contribution in [0.15, 0.2) is 33.7 Å². The molecule has 0 saturated heterocycles. The number of halogens is 1. The topological polar surface area (TPSA) is 65.2 Å². The van der Waals surface area contributed by atoms with E-state index in [-0.39, 0.29) is 18.8 Å². The number of hydrogen-bond acceptors (Lipinski definition) is 6.